The van der Waals surface area contributed by atoms with Gasteiger partial charge in [0.2, 0.25) is 5.89 Å². The standard InChI is InChI=1S/C16H25N3O2/c1-2-4-14(3-1)19-8-5-12(6-9-19)16-17-15(18-21-16)13-7-10-20-11-13/h12-14H,1-11H2/t13-/m1/s1. The van der Waals surface area contributed by atoms with Crippen molar-refractivity contribution >= 4 is 0 Å². The zero-order chi connectivity index (χ0) is 14.1. The maximum absolute atomic E-state index is 5.54. The van der Waals surface area contributed by atoms with Crippen LogP contribution in [0.4, 0.5) is 0 Å². The van der Waals surface area contributed by atoms with Crippen molar-refractivity contribution in [2.24, 2.45) is 0 Å². The normalized spacial score (nSPS) is 29.4. The Bertz CT molecular complexity index is 456. The van der Waals surface area contributed by atoms with Crippen LogP contribution in [-0.2, 0) is 4.74 Å². The highest BCUT2D eigenvalue weighted by Crippen LogP contribution is 2.32. The summed E-state index contributed by atoms with van der Waals surface area (Å²) in [7, 11) is 0. The van der Waals surface area contributed by atoms with Gasteiger partial charge in [-0.15, -0.1) is 0 Å². The molecule has 2 aliphatic heterocycles. The van der Waals surface area contributed by atoms with Gasteiger partial charge in [0.15, 0.2) is 5.82 Å². The summed E-state index contributed by atoms with van der Waals surface area (Å²) < 4.78 is 11.0. The fourth-order valence-electron chi connectivity index (χ4n) is 4.10. The summed E-state index contributed by atoms with van der Waals surface area (Å²) in [6.07, 6.45) is 8.99. The molecule has 4 rings (SSSR count). The van der Waals surface area contributed by atoms with Gasteiger partial charge in [0.25, 0.3) is 0 Å². The van der Waals surface area contributed by atoms with Crippen LogP contribution in [0.15, 0.2) is 4.52 Å². The summed E-state index contributed by atoms with van der Waals surface area (Å²) in [6, 6.07) is 0.847. The van der Waals surface area contributed by atoms with Gasteiger partial charge < -0.3 is 14.2 Å². The summed E-state index contributed by atoms with van der Waals surface area (Å²) in [5.74, 6) is 2.54. The molecule has 1 atom stereocenters. The predicted octanol–water partition coefficient (Wildman–Crippen LogP) is 2.70. The second-order valence-corrected chi connectivity index (χ2v) is 6.80. The van der Waals surface area contributed by atoms with Crippen molar-refractivity contribution < 1.29 is 9.26 Å². The molecule has 21 heavy (non-hydrogen) atoms. The van der Waals surface area contributed by atoms with Crippen molar-refractivity contribution in [3.63, 3.8) is 0 Å². The number of piperidine rings is 1. The minimum Gasteiger partial charge on any atom is -0.381 e. The molecule has 1 saturated carbocycles. The molecule has 0 unspecified atom stereocenters. The van der Waals surface area contributed by atoms with Crippen molar-refractivity contribution in [3.05, 3.63) is 11.7 Å². The first-order valence-corrected chi connectivity index (χ1v) is 8.55. The van der Waals surface area contributed by atoms with Crippen LogP contribution in [-0.4, -0.2) is 47.4 Å². The van der Waals surface area contributed by atoms with Gasteiger partial charge in [-0.3, -0.25) is 0 Å². The Labute approximate surface area is 126 Å². The summed E-state index contributed by atoms with van der Waals surface area (Å²) >= 11 is 0. The Hall–Kier alpha value is -0.940. The molecule has 0 spiro atoms. The van der Waals surface area contributed by atoms with Gasteiger partial charge in [0.1, 0.15) is 0 Å². The molecule has 5 heteroatoms. The average Bonchev–Trinajstić information content (AvgIpc) is 3.27. The van der Waals surface area contributed by atoms with Crippen LogP contribution in [0.25, 0.3) is 0 Å². The van der Waals surface area contributed by atoms with Crippen molar-refractivity contribution in [2.45, 2.75) is 62.8 Å². The highest BCUT2D eigenvalue weighted by Gasteiger charge is 2.31. The summed E-state index contributed by atoms with van der Waals surface area (Å²) in [6.45, 7) is 3.96. The van der Waals surface area contributed by atoms with E-state index in [1.54, 1.807) is 0 Å². The number of nitrogens with zero attached hydrogens (tertiary/aromatic N) is 3. The summed E-state index contributed by atoms with van der Waals surface area (Å²) in [5, 5.41) is 4.19. The molecule has 1 aromatic rings. The first-order chi connectivity index (χ1) is 10.4. The zero-order valence-corrected chi connectivity index (χ0v) is 12.7. The van der Waals surface area contributed by atoms with Gasteiger partial charge in [0.05, 0.1) is 6.61 Å². The molecular weight excluding hydrogens is 266 g/mol. The van der Waals surface area contributed by atoms with E-state index < -0.39 is 0 Å². The van der Waals surface area contributed by atoms with Crippen LogP contribution >= 0.6 is 0 Å². The van der Waals surface area contributed by atoms with E-state index in [1.165, 1.54) is 51.6 Å². The van der Waals surface area contributed by atoms with Crippen molar-refractivity contribution in [1.82, 2.24) is 15.0 Å². The maximum atomic E-state index is 5.54. The van der Waals surface area contributed by atoms with E-state index >= 15 is 0 Å². The summed E-state index contributed by atoms with van der Waals surface area (Å²) in [5.41, 5.74) is 0. The average molecular weight is 291 g/mol. The molecule has 116 valence electrons. The molecule has 1 aliphatic carbocycles. The number of hydrogen-bond donors (Lipinski definition) is 0. The van der Waals surface area contributed by atoms with Crippen molar-refractivity contribution in [1.29, 1.82) is 0 Å². The Balaban J connectivity index is 1.35. The molecule has 1 aromatic heterocycles. The van der Waals surface area contributed by atoms with Crippen LogP contribution in [0.5, 0.6) is 0 Å². The third-order valence-electron chi connectivity index (χ3n) is 5.47. The SMILES string of the molecule is C1CCC(N2CCC(c3nc([C@@H]4CCOC4)no3)CC2)C1. The minimum atomic E-state index is 0.348. The summed E-state index contributed by atoms with van der Waals surface area (Å²) in [4.78, 5) is 7.35. The molecule has 0 aromatic carbocycles. The van der Waals surface area contributed by atoms with E-state index in [-0.39, 0.29) is 0 Å². The van der Waals surface area contributed by atoms with Crippen LogP contribution in [0.3, 0.4) is 0 Å². The number of ether oxygens (including phenoxy) is 1. The molecule has 5 nitrogen and oxygen atoms in total. The number of rotatable bonds is 3. The van der Waals surface area contributed by atoms with Gasteiger partial charge in [0, 0.05) is 24.5 Å². The third-order valence-corrected chi connectivity index (χ3v) is 5.47. The van der Waals surface area contributed by atoms with Crippen LogP contribution in [0.2, 0.25) is 0 Å². The van der Waals surface area contributed by atoms with Crippen LogP contribution in [0, 0.1) is 0 Å². The van der Waals surface area contributed by atoms with Gasteiger partial charge in [-0.25, -0.2) is 0 Å². The Kier molecular flexibility index (Phi) is 3.95. The minimum absolute atomic E-state index is 0.348. The Morgan fingerprint density at radius 2 is 1.76 bits per heavy atom. The quantitative estimate of drug-likeness (QED) is 0.857. The molecule has 2 saturated heterocycles. The molecule has 3 heterocycles. The Morgan fingerprint density at radius 1 is 0.952 bits per heavy atom. The lowest BCUT2D eigenvalue weighted by atomic mass is 9.95. The molecule has 0 bridgehead atoms. The van der Waals surface area contributed by atoms with E-state index in [9.17, 15) is 0 Å². The largest absolute Gasteiger partial charge is 0.381 e. The van der Waals surface area contributed by atoms with Gasteiger partial charge in [-0.05, 0) is 45.2 Å². The van der Waals surface area contributed by atoms with E-state index in [0.29, 0.717) is 11.8 Å². The molecule has 3 fully saturated rings. The van der Waals surface area contributed by atoms with E-state index in [0.717, 1.165) is 37.4 Å². The second kappa shape index (κ2) is 6.05. The number of likely N-dealkylation sites (tertiary alicyclic amines) is 1. The van der Waals surface area contributed by atoms with Crippen molar-refractivity contribution in [2.75, 3.05) is 26.3 Å². The molecule has 3 aliphatic rings. The van der Waals surface area contributed by atoms with Crippen LogP contribution in [0.1, 0.15) is 68.5 Å². The van der Waals surface area contributed by atoms with Gasteiger partial charge in [-0.2, -0.15) is 4.98 Å². The number of hydrogen-bond acceptors (Lipinski definition) is 5. The second-order valence-electron chi connectivity index (χ2n) is 6.80. The molecule has 0 amide bonds. The van der Waals surface area contributed by atoms with E-state index in [1.807, 2.05) is 0 Å². The fraction of sp³-hybridized carbons (Fsp3) is 0.875. The smallest absolute Gasteiger partial charge is 0.229 e. The van der Waals surface area contributed by atoms with E-state index in [4.69, 9.17) is 9.26 Å². The maximum Gasteiger partial charge on any atom is 0.229 e. The topological polar surface area (TPSA) is 51.4 Å². The fourth-order valence-corrected chi connectivity index (χ4v) is 4.10. The lowest BCUT2D eigenvalue weighted by molar-refractivity contribution is 0.144. The number of aromatic nitrogens is 2. The first kappa shape index (κ1) is 13.7. The molecule has 0 radical (unpaired) electrons. The Morgan fingerprint density at radius 3 is 2.48 bits per heavy atom. The zero-order valence-electron chi connectivity index (χ0n) is 12.7. The molecule has 0 N–H and O–H groups in total. The van der Waals surface area contributed by atoms with Gasteiger partial charge in [-0.1, -0.05) is 18.0 Å². The lowest BCUT2D eigenvalue weighted by Gasteiger charge is -2.34. The van der Waals surface area contributed by atoms with Crippen LogP contribution < -0.4 is 0 Å². The predicted molar refractivity (Wildman–Crippen MR) is 78.3 cm³/mol. The monoisotopic (exact) mass is 291 g/mol. The lowest BCUT2D eigenvalue weighted by Crippen LogP contribution is -2.39. The molecular formula is C16H25N3O2. The third kappa shape index (κ3) is 2.86. The van der Waals surface area contributed by atoms with E-state index in [2.05, 4.69) is 15.0 Å². The first-order valence-electron chi connectivity index (χ1n) is 8.55. The van der Waals surface area contributed by atoms with Gasteiger partial charge >= 0.3 is 0 Å². The highest BCUT2D eigenvalue weighted by molar-refractivity contribution is 5.02. The highest BCUT2D eigenvalue weighted by atomic mass is 16.5. The van der Waals surface area contributed by atoms with Crippen molar-refractivity contribution in [3.8, 4) is 0 Å².